The molecule has 1 fully saturated rings. The molecule has 1 aliphatic heterocycles. The predicted octanol–water partition coefficient (Wildman–Crippen LogP) is 5.27. The lowest BCUT2D eigenvalue weighted by Crippen LogP contribution is -2.18. The van der Waals surface area contributed by atoms with Crippen LogP contribution in [-0.2, 0) is 16.1 Å². The Morgan fingerprint density at radius 3 is 2.75 bits per heavy atom. The van der Waals surface area contributed by atoms with Crippen molar-refractivity contribution >= 4 is 34.0 Å². The van der Waals surface area contributed by atoms with Crippen molar-refractivity contribution in [3.63, 3.8) is 0 Å². The Balaban J connectivity index is 1.36. The molecule has 40 heavy (non-hydrogen) atoms. The molecule has 0 saturated carbocycles. The maximum absolute atomic E-state index is 13.4. The molecule has 9 nitrogen and oxygen atoms in total. The van der Waals surface area contributed by atoms with Gasteiger partial charge in [0.1, 0.15) is 42.2 Å². The normalized spacial score (nSPS) is 14.8. The summed E-state index contributed by atoms with van der Waals surface area (Å²) in [5, 5.41) is 6.94. The van der Waals surface area contributed by atoms with E-state index in [1.54, 1.807) is 29.3 Å². The second-order valence-electron chi connectivity index (χ2n) is 9.53. The minimum absolute atomic E-state index is 0.105. The standard InChI is InChI=1S/C30H30FN5O4/c1-36(2)12-10-29(37)35-27-15-25-26(16-28(27)40-24-11-13-38-18-24)32-19-33-30(25)34-22-6-8-23(9-7-22)39-17-20-4-3-5-21(31)14-20/h3-10,12,14-16,19,24H,11,13,17-18H2,1-2H3,(H,35,37)(H,32,33,34)/b12-10+/t24-/m1/s1. The van der Waals surface area contributed by atoms with Crippen LogP contribution in [0, 0.1) is 5.82 Å². The number of fused-ring (bicyclic) bond motifs is 1. The highest BCUT2D eigenvalue weighted by atomic mass is 19.1. The highest BCUT2D eigenvalue weighted by molar-refractivity contribution is 6.03. The number of amides is 1. The average Bonchev–Trinajstić information content (AvgIpc) is 3.45. The van der Waals surface area contributed by atoms with Gasteiger partial charge in [-0.3, -0.25) is 4.79 Å². The number of carbonyl (C=O) groups is 1. The number of nitrogens with zero attached hydrogens (tertiary/aromatic N) is 3. The van der Waals surface area contributed by atoms with Crippen molar-refractivity contribution in [2.75, 3.05) is 37.9 Å². The lowest BCUT2D eigenvalue weighted by Gasteiger charge is -2.18. The van der Waals surface area contributed by atoms with Gasteiger partial charge in [-0.1, -0.05) is 12.1 Å². The van der Waals surface area contributed by atoms with Gasteiger partial charge < -0.3 is 29.7 Å². The van der Waals surface area contributed by atoms with Gasteiger partial charge in [-0.05, 0) is 48.0 Å². The van der Waals surface area contributed by atoms with E-state index < -0.39 is 0 Å². The first-order valence-electron chi connectivity index (χ1n) is 12.9. The first kappa shape index (κ1) is 26.9. The molecular weight excluding hydrogens is 513 g/mol. The largest absolute Gasteiger partial charge is 0.489 e. The number of benzene rings is 3. The Morgan fingerprint density at radius 1 is 1.15 bits per heavy atom. The summed E-state index contributed by atoms with van der Waals surface area (Å²) in [4.78, 5) is 23.3. The highest BCUT2D eigenvalue weighted by Gasteiger charge is 2.20. The Hall–Kier alpha value is -4.70. The van der Waals surface area contributed by atoms with E-state index in [2.05, 4.69) is 20.6 Å². The highest BCUT2D eigenvalue weighted by Crippen LogP contribution is 2.35. The molecular formula is C30H30FN5O4. The Morgan fingerprint density at radius 2 is 2.00 bits per heavy atom. The minimum Gasteiger partial charge on any atom is -0.489 e. The van der Waals surface area contributed by atoms with E-state index in [0.29, 0.717) is 47.1 Å². The number of rotatable bonds is 10. The molecule has 2 N–H and O–H groups in total. The molecule has 1 atom stereocenters. The third-order valence-electron chi connectivity index (χ3n) is 6.11. The molecule has 0 bridgehead atoms. The number of carbonyl (C=O) groups excluding carboxylic acids is 1. The van der Waals surface area contributed by atoms with Crippen molar-refractivity contribution in [2.45, 2.75) is 19.1 Å². The summed E-state index contributed by atoms with van der Waals surface area (Å²) in [7, 11) is 3.68. The Bertz CT molecular complexity index is 1500. The second-order valence-corrected chi connectivity index (χ2v) is 9.53. The first-order valence-corrected chi connectivity index (χ1v) is 12.9. The van der Waals surface area contributed by atoms with Gasteiger partial charge in [0.15, 0.2) is 0 Å². The van der Waals surface area contributed by atoms with Crippen molar-refractivity contribution in [1.82, 2.24) is 14.9 Å². The number of anilines is 3. The molecule has 206 valence electrons. The number of nitrogens with one attached hydrogen (secondary N) is 2. The van der Waals surface area contributed by atoms with Gasteiger partial charge in [-0.15, -0.1) is 0 Å². The third kappa shape index (κ3) is 7.03. The second kappa shape index (κ2) is 12.4. The lowest BCUT2D eigenvalue weighted by atomic mass is 10.1. The van der Waals surface area contributed by atoms with Crippen molar-refractivity contribution in [3.8, 4) is 11.5 Å². The van der Waals surface area contributed by atoms with E-state index in [9.17, 15) is 9.18 Å². The summed E-state index contributed by atoms with van der Waals surface area (Å²) in [5.74, 6) is 1.14. The van der Waals surface area contributed by atoms with Crippen molar-refractivity contribution in [3.05, 3.63) is 90.6 Å². The van der Waals surface area contributed by atoms with Gasteiger partial charge in [0.25, 0.3) is 0 Å². The number of ether oxygens (including phenoxy) is 3. The van der Waals surface area contributed by atoms with Crippen molar-refractivity contribution in [2.24, 2.45) is 0 Å². The van der Waals surface area contributed by atoms with Gasteiger partial charge in [-0.2, -0.15) is 0 Å². The Kier molecular flexibility index (Phi) is 8.36. The number of halogens is 1. The van der Waals surface area contributed by atoms with Crippen LogP contribution in [-0.4, -0.2) is 54.2 Å². The maximum atomic E-state index is 13.4. The molecule has 0 unspecified atom stereocenters. The summed E-state index contributed by atoms with van der Waals surface area (Å²) in [5.41, 5.74) is 2.69. The van der Waals surface area contributed by atoms with Crippen LogP contribution in [0.5, 0.6) is 11.5 Å². The zero-order valence-corrected chi connectivity index (χ0v) is 22.3. The van der Waals surface area contributed by atoms with E-state index in [4.69, 9.17) is 14.2 Å². The summed E-state index contributed by atoms with van der Waals surface area (Å²) >= 11 is 0. The molecule has 1 saturated heterocycles. The number of hydrogen-bond acceptors (Lipinski definition) is 8. The van der Waals surface area contributed by atoms with Crippen LogP contribution in [0.25, 0.3) is 10.9 Å². The fourth-order valence-electron chi connectivity index (χ4n) is 4.12. The zero-order valence-electron chi connectivity index (χ0n) is 22.3. The third-order valence-corrected chi connectivity index (χ3v) is 6.11. The van der Waals surface area contributed by atoms with Crippen LogP contribution in [0.4, 0.5) is 21.6 Å². The monoisotopic (exact) mass is 543 g/mol. The molecule has 2 heterocycles. The van der Waals surface area contributed by atoms with Crippen molar-refractivity contribution < 1.29 is 23.4 Å². The fourth-order valence-corrected chi connectivity index (χ4v) is 4.12. The van der Waals surface area contributed by atoms with Crippen LogP contribution < -0.4 is 20.1 Å². The van der Waals surface area contributed by atoms with E-state index in [-0.39, 0.29) is 24.4 Å². The van der Waals surface area contributed by atoms with Gasteiger partial charge in [0, 0.05) is 49.9 Å². The number of aromatic nitrogens is 2. The molecule has 0 radical (unpaired) electrons. The van der Waals surface area contributed by atoms with E-state index >= 15 is 0 Å². The maximum Gasteiger partial charge on any atom is 0.249 e. The summed E-state index contributed by atoms with van der Waals surface area (Å²) in [6.07, 6.45) is 5.26. The first-order chi connectivity index (χ1) is 19.4. The predicted molar refractivity (Wildman–Crippen MR) is 151 cm³/mol. The van der Waals surface area contributed by atoms with E-state index in [1.165, 1.54) is 24.5 Å². The van der Waals surface area contributed by atoms with E-state index in [1.807, 2.05) is 44.4 Å². The molecule has 10 heteroatoms. The molecule has 1 aromatic heterocycles. The molecule has 4 aromatic rings. The summed E-state index contributed by atoms with van der Waals surface area (Å²) in [6, 6.07) is 17.3. The smallest absolute Gasteiger partial charge is 0.249 e. The van der Waals surface area contributed by atoms with Crippen LogP contribution in [0.15, 0.2) is 79.3 Å². The average molecular weight is 544 g/mol. The fraction of sp³-hybridized carbons (Fsp3) is 0.233. The summed E-state index contributed by atoms with van der Waals surface area (Å²) < 4.78 is 30.8. The van der Waals surface area contributed by atoms with Gasteiger partial charge >= 0.3 is 0 Å². The van der Waals surface area contributed by atoms with Crippen LogP contribution in [0.1, 0.15) is 12.0 Å². The molecule has 5 rings (SSSR count). The Labute approximate surface area is 231 Å². The molecule has 1 aliphatic rings. The quantitative estimate of drug-likeness (QED) is 0.261. The molecule has 0 aliphatic carbocycles. The summed E-state index contributed by atoms with van der Waals surface area (Å²) in [6.45, 7) is 1.39. The SMILES string of the molecule is CN(C)/C=C/C(=O)Nc1cc2c(Nc3ccc(OCc4cccc(F)c4)cc3)ncnc2cc1O[C@@H]1CCOC1. The molecule has 3 aromatic carbocycles. The van der Waals surface area contributed by atoms with Gasteiger partial charge in [0.05, 0.1) is 24.4 Å². The van der Waals surface area contributed by atoms with Crippen molar-refractivity contribution in [1.29, 1.82) is 0 Å². The van der Waals surface area contributed by atoms with E-state index in [0.717, 1.165) is 17.7 Å². The van der Waals surface area contributed by atoms with Crippen LogP contribution in [0.2, 0.25) is 0 Å². The van der Waals surface area contributed by atoms with Gasteiger partial charge in [0.2, 0.25) is 5.91 Å². The lowest BCUT2D eigenvalue weighted by molar-refractivity contribution is -0.112. The minimum atomic E-state index is -0.295. The van der Waals surface area contributed by atoms with Gasteiger partial charge in [-0.25, -0.2) is 14.4 Å². The molecule has 0 spiro atoms. The zero-order chi connectivity index (χ0) is 27.9. The van der Waals surface area contributed by atoms with Crippen LogP contribution >= 0.6 is 0 Å². The number of hydrogen-bond donors (Lipinski definition) is 2. The van der Waals surface area contributed by atoms with Crippen LogP contribution in [0.3, 0.4) is 0 Å². The molecule has 1 amide bonds. The topological polar surface area (TPSA) is 97.8 Å².